The summed E-state index contributed by atoms with van der Waals surface area (Å²) in [5.41, 5.74) is 1.77. The van der Waals surface area contributed by atoms with E-state index in [-0.39, 0.29) is 17.0 Å². The molecule has 1 heterocycles. The summed E-state index contributed by atoms with van der Waals surface area (Å²) in [4.78, 5) is 15.3. The van der Waals surface area contributed by atoms with Gasteiger partial charge in [-0.2, -0.15) is 0 Å². The number of methoxy groups -OCH3 is 1. The van der Waals surface area contributed by atoms with Crippen molar-refractivity contribution in [3.05, 3.63) is 53.8 Å². The second-order valence-electron chi connectivity index (χ2n) is 5.14. The van der Waals surface area contributed by atoms with Gasteiger partial charge in [0.1, 0.15) is 11.6 Å². The molecule has 1 aliphatic rings. The zero-order valence-electron chi connectivity index (χ0n) is 12.4. The molecule has 0 saturated heterocycles. The Morgan fingerprint density at radius 3 is 2.64 bits per heavy atom. The van der Waals surface area contributed by atoms with Crippen LogP contribution in [0.4, 0.5) is 10.1 Å². The van der Waals surface area contributed by atoms with Gasteiger partial charge < -0.3 is 9.64 Å². The molecule has 22 heavy (non-hydrogen) atoms. The topological polar surface area (TPSA) is 29.5 Å². The maximum atomic E-state index is 13.0. The van der Waals surface area contributed by atoms with Crippen LogP contribution in [0.2, 0.25) is 0 Å². The Labute approximate surface area is 133 Å². The van der Waals surface area contributed by atoms with E-state index in [1.54, 1.807) is 24.1 Å². The highest BCUT2D eigenvalue weighted by Gasteiger charge is 2.30. The molecule has 0 bridgehead atoms. The summed E-state index contributed by atoms with van der Waals surface area (Å²) in [7, 11) is 1.63. The summed E-state index contributed by atoms with van der Waals surface area (Å²) in [5.74, 6) is 0.560. The van der Waals surface area contributed by atoms with Crippen molar-refractivity contribution in [3.8, 4) is 5.75 Å². The molecule has 2 aromatic rings. The molecule has 0 radical (unpaired) electrons. The van der Waals surface area contributed by atoms with Crippen LogP contribution in [0.1, 0.15) is 12.5 Å². The average molecular weight is 317 g/mol. The first-order chi connectivity index (χ1) is 10.6. The third-order valence-corrected chi connectivity index (χ3v) is 4.77. The van der Waals surface area contributed by atoms with Crippen LogP contribution in [0.3, 0.4) is 0 Å². The van der Waals surface area contributed by atoms with Crippen molar-refractivity contribution in [3.63, 3.8) is 0 Å². The van der Waals surface area contributed by atoms with E-state index >= 15 is 0 Å². The predicted molar refractivity (Wildman–Crippen MR) is 85.9 cm³/mol. The minimum absolute atomic E-state index is 0.0620. The molecule has 3 rings (SSSR count). The van der Waals surface area contributed by atoms with E-state index in [0.717, 1.165) is 21.9 Å². The number of halogens is 1. The minimum atomic E-state index is -0.275. The minimum Gasteiger partial charge on any atom is -0.497 e. The molecule has 1 atom stereocenters. The molecule has 3 nitrogen and oxygen atoms in total. The Bertz CT molecular complexity index is 702. The van der Waals surface area contributed by atoms with Crippen LogP contribution < -0.4 is 9.64 Å². The lowest BCUT2D eigenvalue weighted by molar-refractivity contribution is -0.118. The molecule has 1 aliphatic heterocycles. The molecule has 0 fully saturated rings. The van der Waals surface area contributed by atoms with E-state index in [0.29, 0.717) is 6.54 Å². The number of carbonyl (C=O) groups excluding carboxylic acids is 1. The van der Waals surface area contributed by atoms with E-state index in [9.17, 15) is 9.18 Å². The smallest absolute Gasteiger partial charge is 0.240 e. The van der Waals surface area contributed by atoms with Gasteiger partial charge in [0.25, 0.3) is 0 Å². The van der Waals surface area contributed by atoms with Crippen LogP contribution in [0.5, 0.6) is 5.75 Å². The third-order valence-electron chi connectivity index (χ3n) is 3.63. The molecule has 1 amide bonds. The summed E-state index contributed by atoms with van der Waals surface area (Å²) in [5, 5.41) is -0.153. The number of nitrogens with zero attached hydrogens (tertiary/aromatic N) is 1. The van der Waals surface area contributed by atoms with E-state index in [1.807, 2.05) is 25.1 Å². The van der Waals surface area contributed by atoms with Gasteiger partial charge in [0, 0.05) is 4.90 Å². The van der Waals surface area contributed by atoms with Crippen LogP contribution in [0.15, 0.2) is 47.4 Å². The number of anilines is 1. The molecule has 0 spiro atoms. The van der Waals surface area contributed by atoms with E-state index < -0.39 is 0 Å². The lowest BCUT2D eigenvalue weighted by Crippen LogP contribution is -2.39. The largest absolute Gasteiger partial charge is 0.497 e. The summed E-state index contributed by atoms with van der Waals surface area (Å²) in [6, 6.07) is 11.9. The number of hydrogen-bond donors (Lipinski definition) is 0. The number of fused-ring (bicyclic) bond motifs is 1. The van der Waals surface area contributed by atoms with Crippen molar-refractivity contribution < 1.29 is 13.9 Å². The van der Waals surface area contributed by atoms with Crippen LogP contribution in [-0.4, -0.2) is 18.3 Å². The number of carbonyl (C=O) groups is 1. The van der Waals surface area contributed by atoms with Gasteiger partial charge in [-0.1, -0.05) is 12.1 Å². The maximum absolute atomic E-state index is 13.0. The van der Waals surface area contributed by atoms with Gasteiger partial charge in [0.2, 0.25) is 5.91 Å². The summed E-state index contributed by atoms with van der Waals surface area (Å²) < 4.78 is 18.3. The quantitative estimate of drug-likeness (QED) is 0.861. The Balaban J connectivity index is 1.96. The van der Waals surface area contributed by atoms with E-state index in [2.05, 4.69) is 0 Å². The Kier molecular flexibility index (Phi) is 4.07. The fourth-order valence-electron chi connectivity index (χ4n) is 2.45. The Morgan fingerprint density at radius 1 is 1.23 bits per heavy atom. The molecule has 1 unspecified atom stereocenters. The van der Waals surface area contributed by atoms with Gasteiger partial charge in [-0.25, -0.2) is 4.39 Å². The van der Waals surface area contributed by atoms with Crippen LogP contribution in [-0.2, 0) is 11.3 Å². The predicted octanol–water partition coefficient (Wildman–Crippen LogP) is 3.86. The third kappa shape index (κ3) is 2.81. The van der Waals surface area contributed by atoms with Crippen molar-refractivity contribution >= 4 is 23.4 Å². The zero-order chi connectivity index (χ0) is 15.7. The number of thioether (sulfide) groups is 1. The molecule has 0 aliphatic carbocycles. The van der Waals surface area contributed by atoms with Gasteiger partial charge in [-0.3, -0.25) is 4.79 Å². The molecule has 0 aromatic heterocycles. The van der Waals surface area contributed by atoms with Crippen molar-refractivity contribution in [1.29, 1.82) is 0 Å². The molecular weight excluding hydrogens is 301 g/mol. The van der Waals surface area contributed by atoms with Crippen molar-refractivity contribution in [2.45, 2.75) is 23.6 Å². The highest BCUT2D eigenvalue weighted by atomic mass is 32.2. The number of hydrogen-bond acceptors (Lipinski definition) is 3. The number of amides is 1. The SMILES string of the molecule is COc1ccc2c(c1)SC(C)C(=O)N2Cc1ccc(F)cc1. The Hall–Kier alpha value is -2.01. The Morgan fingerprint density at radius 2 is 1.95 bits per heavy atom. The first-order valence-corrected chi connectivity index (χ1v) is 7.87. The second kappa shape index (κ2) is 6.01. The van der Waals surface area contributed by atoms with Gasteiger partial charge in [-0.15, -0.1) is 11.8 Å². The molecule has 0 N–H and O–H groups in total. The van der Waals surface area contributed by atoms with Crippen LogP contribution in [0.25, 0.3) is 0 Å². The van der Waals surface area contributed by atoms with Gasteiger partial charge in [-0.05, 0) is 42.8 Å². The van der Waals surface area contributed by atoms with E-state index in [1.165, 1.54) is 23.9 Å². The first kappa shape index (κ1) is 14.9. The standard InChI is InChI=1S/C17H16FNO2S/c1-11-17(20)19(10-12-3-5-13(18)6-4-12)15-8-7-14(21-2)9-16(15)22-11/h3-9,11H,10H2,1-2H3. The monoisotopic (exact) mass is 317 g/mol. The normalized spacial score (nSPS) is 17.3. The lowest BCUT2D eigenvalue weighted by atomic mass is 10.1. The van der Waals surface area contributed by atoms with Crippen molar-refractivity contribution in [1.82, 2.24) is 0 Å². The van der Waals surface area contributed by atoms with Crippen molar-refractivity contribution in [2.75, 3.05) is 12.0 Å². The first-order valence-electron chi connectivity index (χ1n) is 6.99. The average Bonchev–Trinajstić information content (AvgIpc) is 2.53. The van der Waals surface area contributed by atoms with Crippen LogP contribution in [0, 0.1) is 5.82 Å². The highest BCUT2D eigenvalue weighted by Crippen LogP contribution is 2.41. The molecule has 2 aromatic carbocycles. The fraction of sp³-hybridized carbons (Fsp3) is 0.235. The van der Waals surface area contributed by atoms with Gasteiger partial charge >= 0.3 is 0 Å². The van der Waals surface area contributed by atoms with Crippen LogP contribution >= 0.6 is 11.8 Å². The van der Waals surface area contributed by atoms with Gasteiger partial charge in [0.05, 0.1) is 24.6 Å². The van der Waals surface area contributed by atoms with Gasteiger partial charge in [0.15, 0.2) is 0 Å². The highest BCUT2D eigenvalue weighted by molar-refractivity contribution is 8.01. The summed E-state index contributed by atoms with van der Waals surface area (Å²) in [6.07, 6.45) is 0. The maximum Gasteiger partial charge on any atom is 0.240 e. The second-order valence-corrected chi connectivity index (χ2v) is 6.53. The zero-order valence-corrected chi connectivity index (χ0v) is 13.2. The molecule has 5 heteroatoms. The fourth-order valence-corrected chi connectivity index (χ4v) is 3.55. The van der Waals surface area contributed by atoms with Crippen molar-refractivity contribution in [2.24, 2.45) is 0 Å². The molecular formula is C17H16FNO2S. The molecule has 0 saturated carbocycles. The molecule has 114 valence electrons. The number of benzene rings is 2. The summed E-state index contributed by atoms with van der Waals surface area (Å²) >= 11 is 1.54. The van der Waals surface area contributed by atoms with E-state index in [4.69, 9.17) is 4.74 Å². The number of rotatable bonds is 3. The lowest BCUT2D eigenvalue weighted by Gasteiger charge is -2.32. The summed E-state index contributed by atoms with van der Waals surface area (Å²) in [6.45, 7) is 2.33. The number of ether oxygens (including phenoxy) is 1.